The van der Waals surface area contributed by atoms with Crippen LogP contribution in [0.4, 0.5) is 5.69 Å². The van der Waals surface area contributed by atoms with Gasteiger partial charge in [-0.2, -0.15) is 0 Å². The molecule has 6 heteroatoms. The Bertz CT molecular complexity index is 913. The molecule has 0 N–H and O–H groups in total. The van der Waals surface area contributed by atoms with Crippen molar-refractivity contribution >= 4 is 11.6 Å². The molecule has 0 bridgehead atoms. The molecular weight excluding hydrogens is 326 g/mol. The molecule has 6 nitrogen and oxygen atoms in total. The fraction of sp³-hybridized carbons (Fsp3) is 0.250. The van der Waals surface area contributed by atoms with E-state index < -0.39 is 0 Å². The number of aromatic nitrogens is 3. The van der Waals surface area contributed by atoms with Crippen LogP contribution in [0.15, 0.2) is 60.8 Å². The number of carbonyl (C=O) groups excluding carboxylic acids is 1. The van der Waals surface area contributed by atoms with Gasteiger partial charge in [0.2, 0.25) is 0 Å². The Morgan fingerprint density at radius 1 is 1.08 bits per heavy atom. The number of nitrogens with zero attached hydrogens (tertiary/aromatic N) is 5. The van der Waals surface area contributed by atoms with Gasteiger partial charge in [-0.05, 0) is 18.2 Å². The normalized spacial score (nSPS) is 14.2. The van der Waals surface area contributed by atoms with Crippen molar-refractivity contribution in [2.24, 2.45) is 0 Å². The second-order valence-corrected chi connectivity index (χ2v) is 6.76. The lowest BCUT2D eigenvalue weighted by Gasteiger charge is -2.39. The summed E-state index contributed by atoms with van der Waals surface area (Å²) < 4.78 is 1.86. The number of benzene rings is 2. The van der Waals surface area contributed by atoms with Gasteiger partial charge >= 0.3 is 0 Å². The van der Waals surface area contributed by atoms with Crippen LogP contribution >= 0.6 is 0 Å². The minimum atomic E-state index is 0.0633. The van der Waals surface area contributed by atoms with Crippen LogP contribution in [0.3, 0.4) is 0 Å². The van der Waals surface area contributed by atoms with Crippen LogP contribution in [0.25, 0.3) is 11.3 Å². The summed E-state index contributed by atoms with van der Waals surface area (Å²) in [5.74, 6) is 0.0633. The number of carbonyl (C=O) groups is 1. The maximum absolute atomic E-state index is 12.7. The van der Waals surface area contributed by atoms with E-state index in [1.54, 1.807) is 0 Å². The van der Waals surface area contributed by atoms with Gasteiger partial charge in [-0.1, -0.05) is 41.6 Å². The second kappa shape index (κ2) is 6.63. The first-order valence-corrected chi connectivity index (χ1v) is 8.66. The third kappa shape index (κ3) is 3.06. The molecule has 0 aliphatic carbocycles. The Labute approximate surface area is 152 Å². The molecule has 2 heterocycles. The summed E-state index contributed by atoms with van der Waals surface area (Å²) in [5.41, 5.74) is 3.65. The van der Waals surface area contributed by atoms with Gasteiger partial charge in [-0.3, -0.25) is 4.79 Å². The number of anilines is 1. The summed E-state index contributed by atoms with van der Waals surface area (Å²) >= 11 is 0. The molecule has 1 amide bonds. The summed E-state index contributed by atoms with van der Waals surface area (Å²) in [6, 6.07) is 17.9. The van der Waals surface area contributed by atoms with E-state index >= 15 is 0 Å². The Morgan fingerprint density at radius 3 is 2.58 bits per heavy atom. The Morgan fingerprint density at radius 2 is 1.85 bits per heavy atom. The van der Waals surface area contributed by atoms with E-state index in [0.29, 0.717) is 13.1 Å². The molecule has 4 rings (SSSR count). The molecule has 1 saturated heterocycles. The van der Waals surface area contributed by atoms with E-state index in [4.69, 9.17) is 0 Å². The molecule has 1 aromatic heterocycles. The Kier molecular flexibility index (Phi) is 4.16. The van der Waals surface area contributed by atoms with Crippen LogP contribution in [-0.4, -0.2) is 53.0 Å². The first-order valence-electron chi connectivity index (χ1n) is 8.66. The lowest BCUT2D eigenvalue weighted by atomic mass is 10.1. The van der Waals surface area contributed by atoms with Gasteiger partial charge in [0.1, 0.15) is 5.69 Å². The van der Waals surface area contributed by atoms with Crippen molar-refractivity contribution in [3.05, 3.63) is 66.4 Å². The van der Waals surface area contributed by atoms with Crippen LogP contribution in [0.1, 0.15) is 16.4 Å². The van der Waals surface area contributed by atoms with Crippen molar-refractivity contribution in [1.82, 2.24) is 19.9 Å². The first-order chi connectivity index (χ1) is 12.6. The zero-order valence-electron chi connectivity index (χ0n) is 14.9. The van der Waals surface area contributed by atoms with Crippen molar-refractivity contribution in [2.45, 2.75) is 6.04 Å². The van der Waals surface area contributed by atoms with Gasteiger partial charge < -0.3 is 9.80 Å². The zero-order chi connectivity index (χ0) is 18.1. The molecule has 0 unspecified atom stereocenters. The van der Waals surface area contributed by atoms with E-state index in [9.17, 15) is 4.79 Å². The smallest absolute Gasteiger partial charge is 0.254 e. The van der Waals surface area contributed by atoms with Crippen molar-refractivity contribution in [3.63, 3.8) is 0 Å². The quantitative estimate of drug-likeness (QED) is 0.728. The van der Waals surface area contributed by atoms with E-state index in [1.165, 1.54) is 0 Å². The van der Waals surface area contributed by atoms with Gasteiger partial charge in [-0.15, -0.1) is 5.10 Å². The minimum absolute atomic E-state index is 0.0633. The van der Waals surface area contributed by atoms with Crippen LogP contribution in [0.5, 0.6) is 0 Å². The lowest BCUT2D eigenvalue weighted by molar-refractivity contribution is 0.0498. The highest BCUT2D eigenvalue weighted by Crippen LogP contribution is 2.25. The van der Waals surface area contributed by atoms with E-state index in [0.717, 1.165) is 22.5 Å². The van der Waals surface area contributed by atoms with Gasteiger partial charge in [0.05, 0.1) is 12.2 Å². The SMILES string of the molecule is CN(C)c1cccc(C(=O)N2CC(n3cc(-c4ccccc4)nn3)C2)c1. The highest BCUT2D eigenvalue weighted by Gasteiger charge is 2.33. The molecule has 3 aromatic rings. The Hall–Kier alpha value is -3.15. The monoisotopic (exact) mass is 347 g/mol. The molecule has 0 saturated carbocycles. The summed E-state index contributed by atoms with van der Waals surface area (Å²) in [5, 5.41) is 8.49. The second-order valence-electron chi connectivity index (χ2n) is 6.76. The molecule has 0 atom stereocenters. The van der Waals surface area contributed by atoms with Gasteiger partial charge in [-0.25, -0.2) is 4.68 Å². The van der Waals surface area contributed by atoms with E-state index in [1.807, 2.05) is 89.4 Å². The van der Waals surface area contributed by atoms with Crippen LogP contribution in [-0.2, 0) is 0 Å². The predicted octanol–water partition coefficient (Wildman–Crippen LogP) is 2.71. The molecule has 26 heavy (non-hydrogen) atoms. The molecule has 0 spiro atoms. The van der Waals surface area contributed by atoms with E-state index in [2.05, 4.69) is 10.3 Å². The third-order valence-electron chi connectivity index (χ3n) is 4.71. The summed E-state index contributed by atoms with van der Waals surface area (Å²) in [6.07, 6.45) is 1.95. The first kappa shape index (κ1) is 16.3. The van der Waals surface area contributed by atoms with Gasteiger partial charge in [0, 0.05) is 44.0 Å². The zero-order valence-corrected chi connectivity index (χ0v) is 14.9. The maximum atomic E-state index is 12.7. The highest BCUT2D eigenvalue weighted by atomic mass is 16.2. The summed E-state index contributed by atoms with van der Waals surface area (Å²) in [4.78, 5) is 16.5. The molecule has 0 radical (unpaired) electrons. The lowest BCUT2D eigenvalue weighted by Crippen LogP contribution is -2.50. The minimum Gasteiger partial charge on any atom is -0.378 e. The number of amides is 1. The van der Waals surface area contributed by atoms with Crippen molar-refractivity contribution in [2.75, 3.05) is 32.1 Å². The molecule has 132 valence electrons. The molecule has 2 aromatic carbocycles. The summed E-state index contributed by atoms with van der Waals surface area (Å²) in [6.45, 7) is 1.31. The van der Waals surface area contributed by atoms with Crippen molar-refractivity contribution in [3.8, 4) is 11.3 Å². The van der Waals surface area contributed by atoms with Gasteiger partial charge in [0.15, 0.2) is 0 Å². The standard InChI is InChI=1S/C20H21N5O/c1-23(2)17-10-6-9-16(11-17)20(26)24-12-18(13-24)25-14-19(21-22-25)15-7-4-3-5-8-15/h3-11,14,18H,12-13H2,1-2H3. The number of hydrogen-bond acceptors (Lipinski definition) is 4. The topological polar surface area (TPSA) is 54.3 Å². The van der Waals surface area contributed by atoms with Crippen LogP contribution < -0.4 is 4.90 Å². The van der Waals surface area contributed by atoms with E-state index in [-0.39, 0.29) is 11.9 Å². The van der Waals surface area contributed by atoms with Crippen LogP contribution in [0.2, 0.25) is 0 Å². The maximum Gasteiger partial charge on any atom is 0.254 e. The fourth-order valence-electron chi connectivity index (χ4n) is 3.08. The molecular formula is C20H21N5O. The average molecular weight is 347 g/mol. The number of hydrogen-bond donors (Lipinski definition) is 0. The number of likely N-dealkylation sites (tertiary alicyclic amines) is 1. The molecule has 1 aliphatic rings. The highest BCUT2D eigenvalue weighted by molar-refractivity contribution is 5.95. The summed E-state index contributed by atoms with van der Waals surface area (Å²) in [7, 11) is 3.94. The largest absolute Gasteiger partial charge is 0.378 e. The van der Waals surface area contributed by atoms with Crippen molar-refractivity contribution in [1.29, 1.82) is 0 Å². The third-order valence-corrected chi connectivity index (χ3v) is 4.71. The van der Waals surface area contributed by atoms with Crippen LogP contribution in [0, 0.1) is 0 Å². The fourth-order valence-corrected chi connectivity index (χ4v) is 3.08. The molecule has 1 aliphatic heterocycles. The van der Waals surface area contributed by atoms with Gasteiger partial charge in [0.25, 0.3) is 5.91 Å². The average Bonchev–Trinajstić information content (AvgIpc) is 3.11. The number of rotatable bonds is 4. The van der Waals surface area contributed by atoms with Crippen molar-refractivity contribution < 1.29 is 4.79 Å². The predicted molar refractivity (Wildman–Crippen MR) is 101 cm³/mol. The Balaban J connectivity index is 1.42. The molecule has 1 fully saturated rings.